The molecule has 0 aromatic rings. The first-order chi connectivity index (χ1) is 8.19. The lowest BCUT2D eigenvalue weighted by Gasteiger charge is -2.38. The zero-order valence-electron chi connectivity index (χ0n) is 10.6. The smallest absolute Gasteiger partial charge is 0.310 e. The van der Waals surface area contributed by atoms with E-state index in [1.165, 1.54) is 32.1 Å². The van der Waals surface area contributed by atoms with Crippen LogP contribution in [0.3, 0.4) is 0 Å². The quantitative estimate of drug-likeness (QED) is 0.747. The maximum atomic E-state index is 12.1. The van der Waals surface area contributed by atoms with E-state index in [-0.39, 0.29) is 17.9 Å². The Hall–Kier alpha value is -0.570. The molecule has 4 rings (SSSR count). The zero-order chi connectivity index (χ0) is 12.0. The third kappa shape index (κ3) is 1.88. The van der Waals surface area contributed by atoms with Crippen molar-refractivity contribution >= 4 is 5.97 Å². The van der Waals surface area contributed by atoms with Crippen molar-refractivity contribution in [2.24, 2.45) is 35.3 Å². The first-order valence-electron chi connectivity index (χ1n) is 7.11. The van der Waals surface area contributed by atoms with E-state index in [0.717, 1.165) is 11.8 Å². The summed E-state index contributed by atoms with van der Waals surface area (Å²) in [5.41, 5.74) is 6.38. The number of ether oxygens (including phenoxy) is 1. The first-order valence-corrected chi connectivity index (χ1v) is 7.11. The largest absolute Gasteiger partial charge is 0.466 e. The van der Waals surface area contributed by atoms with E-state index in [1.807, 2.05) is 6.92 Å². The molecule has 4 saturated carbocycles. The number of carbonyl (C=O) groups is 1. The number of rotatable bonds is 2. The Morgan fingerprint density at radius 2 is 1.71 bits per heavy atom. The molecule has 4 bridgehead atoms. The molecule has 4 unspecified atom stereocenters. The SMILES string of the molecule is CCOC(=O)C1C2CC3CC(CC(C3)C1N)C2. The highest BCUT2D eigenvalue weighted by atomic mass is 16.5. The van der Waals surface area contributed by atoms with Crippen LogP contribution in [0.2, 0.25) is 0 Å². The Morgan fingerprint density at radius 1 is 1.12 bits per heavy atom. The van der Waals surface area contributed by atoms with Crippen LogP contribution in [-0.4, -0.2) is 18.6 Å². The predicted molar refractivity (Wildman–Crippen MR) is 65.1 cm³/mol. The van der Waals surface area contributed by atoms with E-state index in [4.69, 9.17) is 10.5 Å². The molecule has 0 amide bonds. The fraction of sp³-hybridized carbons (Fsp3) is 0.929. The van der Waals surface area contributed by atoms with Crippen molar-refractivity contribution in [2.75, 3.05) is 6.61 Å². The van der Waals surface area contributed by atoms with Gasteiger partial charge in [-0.15, -0.1) is 0 Å². The van der Waals surface area contributed by atoms with Gasteiger partial charge in [-0.1, -0.05) is 0 Å². The monoisotopic (exact) mass is 237 g/mol. The van der Waals surface area contributed by atoms with Crippen molar-refractivity contribution in [3.63, 3.8) is 0 Å². The molecule has 3 nitrogen and oxygen atoms in total. The predicted octanol–water partition coefficient (Wildman–Crippen LogP) is 1.95. The van der Waals surface area contributed by atoms with Gasteiger partial charge < -0.3 is 10.5 Å². The van der Waals surface area contributed by atoms with Gasteiger partial charge in [-0.05, 0) is 62.7 Å². The maximum Gasteiger partial charge on any atom is 0.310 e. The fourth-order valence-electron chi connectivity index (χ4n) is 4.76. The summed E-state index contributed by atoms with van der Waals surface area (Å²) >= 11 is 0. The highest BCUT2D eigenvalue weighted by Crippen LogP contribution is 2.52. The van der Waals surface area contributed by atoms with Crippen molar-refractivity contribution in [2.45, 2.75) is 45.1 Å². The molecule has 0 saturated heterocycles. The van der Waals surface area contributed by atoms with Gasteiger partial charge in [0, 0.05) is 6.04 Å². The lowest BCUT2D eigenvalue weighted by molar-refractivity contribution is -0.151. The normalized spacial score (nSPS) is 47.9. The van der Waals surface area contributed by atoms with Gasteiger partial charge in [0.1, 0.15) is 0 Å². The van der Waals surface area contributed by atoms with Gasteiger partial charge >= 0.3 is 5.97 Å². The summed E-state index contributed by atoms with van der Waals surface area (Å²) in [6.07, 6.45) is 6.32. The van der Waals surface area contributed by atoms with Crippen LogP contribution in [0, 0.1) is 29.6 Å². The zero-order valence-corrected chi connectivity index (χ0v) is 10.6. The van der Waals surface area contributed by atoms with Gasteiger partial charge in [-0.3, -0.25) is 4.79 Å². The standard InChI is InChI=1S/C14H23NO2/c1-2-17-14(16)12-10-4-8-3-9(5-10)7-11(6-8)13(12)15/h8-13H,2-7,15H2,1H3. The third-order valence-corrected chi connectivity index (χ3v) is 5.24. The lowest BCUT2D eigenvalue weighted by Crippen LogP contribution is -2.43. The number of esters is 1. The summed E-state index contributed by atoms with van der Waals surface area (Å²) in [5, 5.41) is 0. The molecule has 4 aliphatic rings. The second kappa shape index (κ2) is 4.27. The summed E-state index contributed by atoms with van der Waals surface area (Å²) < 4.78 is 5.25. The summed E-state index contributed by atoms with van der Waals surface area (Å²) in [5.74, 6) is 2.69. The van der Waals surface area contributed by atoms with Crippen molar-refractivity contribution < 1.29 is 9.53 Å². The second-order valence-electron chi connectivity index (χ2n) is 6.29. The molecule has 0 heterocycles. The number of carbonyl (C=O) groups excluding carboxylic acids is 1. The molecule has 4 aliphatic carbocycles. The van der Waals surface area contributed by atoms with Gasteiger partial charge in [0.05, 0.1) is 12.5 Å². The first kappa shape index (κ1) is 11.5. The van der Waals surface area contributed by atoms with E-state index in [1.54, 1.807) is 0 Å². The highest BCUT2D eigenvalue weighted by molar-refractivity contribution is 5.74. The van der Waals surface area contributed by atoms with E-state index < -0.39 is 0 Å². The molecule has 0 radical (unpaired) electrons. The minimum Gasteiger partial charge on any atom is -0.466 e. The number of hydrogen-bond acceptors (Lipinski definition) is 3. The number of fused-ring (bicyclic) bond motifs is 1. The van der Waals surface area contributed by atoms with Crippen molar-refractivity contribution in [1.82, 2.24) is 0 Å². The van der Waals surface area contributed by atoms with Crippen LogP contribution in [0.1, 0.15) is 39.0 Å². The van der Waals surface area contributed by atoms with Gasteiger partial charge in [-0.25, -0.2) is 0 Å². The number of nitrogens with two attached hydrogens (primary N) is 1. The Labute approximate surface area is 103 Å². The second-order valence-corrected chi connectivity index (χ2v) is 6.29. The lowest BCUT2D eigenvalue weighted by atomic mass is 9.67. The van der Waals surface area contributed by atoms with Crippen LogP contribution in [0.5, 0.6) is 0 Å². The molecule has 4 atom stereocenters. The average molecular weight is 237 g/mol. The molecule has 0 aromatic carbocycles. The third-order valence-electron chi connectivity index (χ3n) is 5.24. The topological polar surface area (TPSA) is 52.3 Å². The Kier molecular flexibility index (Phi) is 2.89. The van der Waals surface area contributed by atoms with Crippen LogP contribution < -0.4 is 5.73 Å². The van der Waals surface area contributed by atoms with Gasteiger partial charge in [0.25, 0.3) is 0 Å². The molecule has 96 valence electrons. The van der Waals surface area contributed by atoms with E-state index in [9.17, 15) is 4.79 Å². The van der Waals surface area contributed by atoms with E-state index in [0.29, 0.717) is 18.4 Å². The van der Waals surface area contributed by atoms with Gasteiger partial charge in [-0.2, -0.15) is 0 Å². The van der Waals surface area contributed by atoms with Crippen LogP contribution in [0.15, 0.2) is 0 Å². The van der Waals surface area contributed by atoms with Crippen LogP contribution >= 0.6 is 0 Å². The van der Waals surface area contributed by atoms with Crippen molar-refractivity contribution in [3.8, 4) is 0 Å². The highest BCUT2D eigenvalue weighted by Gasteiger charge is 2.50. The summed E-state index contributed by atoms with van der Waals surface area (Å²) in [7, 11) is 0. The maximum absolute atomic E-state index is 12.1. The van der Waals surface area contributed by atoms with E-state index >= 15 is 0 Å². The summed E-state index contributed by atoms with van der Waals surface area (Å²) in [4.78, 5) is 12.1. The average Bonchev–Trinajstić information content (AvgIpc) is 2.41. The van der Waals surface area contributed by atoms with Crippen molar-refractivity contribution in [3.05, 3.63) is 0 Å². The van der Waals surface area contributed by atoms with E-state index in [2.05, 4.69) is 0 Å². The van der Waals surface area contributed by atoms with Gasteiger partial charge in [0.2, 0.25) is 0 Å². The molecule has 0 aliphatic heterocycles. The fourth-order valence-corrected chi connectivity index (χ4v) is 4.76. The molecule has 4 fully saturated rings. The summed E-state index contributed by atoms with van der Waals surface area (Å²) in [6.45, 7) is 2.36. The minimum atomic E-state index is -0.0294. The van der Waals surface area contributed by atoms with Crippen LogP contribution in [0.4, 0.5) is 0 Å². The Morgan fingerprint density at radius 3 is 2.29 bits per heavy atom. The molecule has 3 heteroatoms. The Balaban J connectivity index is 1.86. The molecular weight excluding hydrogens is 214 g/mol. The summed E-state index contributed by atoms with van der Waals surface area (Å²) in [6, 6.07) is 0.0503. The van der Waals surface area contributed by atoms with Crippen molar-refractivity contribution in [1.29, 1.82) is 0 Å². The minimum absolute atomic E-state index is 0.0183. The molecular formula is C14H23NO2. The van der Waals surface area contributed by atoms with Gasteiger partial charge in [0.15, 0.2) is 0 Å². The molecule has 0 spiro atoms. The Bertz CT molecular complexity index is 303. The molecule has 2 N–H and O–H groups in total. The van der Waals surface area contributed by atoms with Crippen LogP contribution in [0.25, 0.3) is 0 Å². The molecule has 0 aromatic heterocycles. The molecule has 17 heavy (non-hydrogen) atoms. The number of hydrogen-bond donors (Lipinski definition) is 1. The van der Waals surface area contributed by atoms with Crippen LogP contribution in [-0.2, 0) is 9.53 Å².